The van der Waals surface area contributed by atoms with Crippen molar-refractivity contribution < 1.29 is 9.47 Å². The fraction of sp³-hybridized carbons (Fsp3) is 0.615. The third kappa shape index (κ3) is 7.68. The lowest BCUT2D eigenvalue weighted by molar-refractivity contribution is 0.169. The van der Waals surface area contributed by atoms with Gasteiger partial charge in [-0.05, 0) is 48.8 Å². The Morgan fingerprint density at radius 2 is 1.58 bits per heavy atom. The van der Waals surface area contributed by atoms with Crippen molar-refractivity contribution in [3.05, 3.63) is 35.6 Å². The van der Waals surface area contributed by atoms with Crippen LogP contribution in [-0.4, -0.2) is 23.2 Å². The lowest BCUT2D eigenvalue weighted by Gasteiger charge is -2.28. The number of nitrogens with zero attached hydrogens (tertiary/aromatic N) is 2. The summed E-state index contributed by atoms with van der Waals surface area (Å²) in [6, 6.07) is 6.27. The molecule has 1 aromatic heterocycles. The van der Waals surface area contributed by atoms with E-state index in [0.717, 1.165) is 42.2 Å². The molecule has 2 aromatic rings. The van der Waals surface area contributed by atoms with Crippen molar-refractivity contribution in [1.29, 1.82) is 0 Å². The van der Waals surface area contributed by atoms with Gasteiger partial charge in [-0.15, -0.1) is 0 Å². The lowest BCUT2D eigenvalue weighted by atomic mass is 9.80. The minimum absolute atomic E-state index is 0.458. The van der Waals surface area contributed by atoms with E-state index in [1.54, 1.807) is 12.4 Å². The van der Waals surface area contributed by atoms with Crippen molar-refractivity contribution in [2.24, 2.45) is 11.8 Å². The third-order valence-electron chi connectivity index (χ3n) is 6.28. The molecule has 0 N–H and O–H groups in total. The SMILES string of the molecule is CCCCCC1CCC(COc2ncc(-c3ccc(OCCCC)c(Cl)c3)cn2)CC1. The second kappa shape index (κ2) is 12.9. The highest BCUT2D eigenvalue weighted by Crippen LogP contribution is 2.33. The average Bonchev–Trinajstić information content (AvgIpc) is 2.80. The molecule has 1 aliphatic rings. The number of hydrogen-bond acceptors (Lipinski definition) is 4. The molecule has 1 aliphatic carbocycles. The van der Waals surface area contributed by atoms with Gasteiger partial charge in [0.25, 0.3) is 0 Å². The van der Waals surface area contributed by atoms with E-state index in [1.807, 2.05) is 18.2 Å². The Morgan fingerprint density at radius 1 is 0.871 bits per heavy atom. The maximum absolute atomic E-state index is 6.38. The van der Waals surface area contributed by atoms with Crippen LogP contribution in [0.1, 0.15) is 78.1 Å². The molecule has 0 aliphatic heterocycles. The highest BCUT2D eigenvalue weighted by molar-refractivity contribution is 6.32. The fourth-order valence-corrected chi connectivity index (χ4v) is 4.46. The van der Waals surface area contributed by atoms with E-state index < -0.39 is 0 Å². The van der Waals surface area contributed by atoms with Crippen LogP contribution >= 0.6 is 11.6 Å². The maximum Gasteiger partial charge on any atom is 0.316 e. The molecule has 4 nitrogen and oxygen atoms in total. The summed E-state index contributed by atoms with van der Waals surface area (Å²) in [6.07, 6.45) is 16.4. The van der Waals surface area contributed by atoms with Crippen LogP contribution in [0.15, 0.2) is 30.6 Å². The molecule has 0 bridgehead atoms. The Bertz CT molecular complexity index is 773. The van der Waals surface area contributed by atoms with Gasteiger partial charge in [0.1, 0.15) is 5.75 Å². The summed E-state index contributed by atoms with van der Waals surface area (Å²) in [5, 5.41) is 0.610. The number of ether oxygens (including phenoxy) is 2. The average molecular weight is 445 g/mol. The van der Waals surface area contributed by atoms with Gasteiger partial charge in [-0.25, -0.2) is 9.97 Å². The summed E-state index contributed by atoms with van der Waals surface area (Å²) in [6.45, 7) is 5.82. The lowest BCUT2D eigenvalue weighted by Crippen LogP contribution is -2.20. The summed E-state index contributed by atoms with van der Waals surface area (Å²) in [7, 11) is 0. The molecule has 31 heavy (non-hydrogen) atoms. The number of hydrogen-bond donors (Lipinski definition) is 0. The Labute approximate surface area is 192 Å². The predicted octanol–water partition coefficient (Wildman–Crippen LogP) is 7.74. The van der Waals surface area contributed by atoms with Crippen LogP contribution < -0.4 is 9.47 Å². The van der Waals surface area contributed by atoms with E-state index >= 15 is 0 Å². The molecular weight excluding hydrogens is 408 g/mol. The molecule has 1 aromatic carbocycles. The van der Waals surface area contributed by atoms with Crippen molar-refractivity contribution in [3.63, 3.8) is 0 Å². The number of rotatable bonds is 12. The molecule has 3 rings (SSSR count). The van der Waals surface area contributed by atoms with Gasteiger partial charge in [0.2, 0.25) is 0 Å². The molecule has 0 saturated heterocycles. The van der Waals surface area contributed by atoms with E-state index in [-0.39, 0.29) is 0 Å². The maximum atomic E-state index is 6.38. The smallest absolute Gasteiger partial charge is 0.316 e. The largest absolute Gasteiger partial charge is 0.492 e. The van der Waals surface area contributed by atoms with Crippen LogP contribution in [0.5, 0.6) is 11.8 Å². The summed E-state index contributed by atoms with van der Waals surface area (Å²) in [4.78, 5) is 8.82. The molecule has 5 heteroatoms. The van der Waals surface area contributed by atoms with Gasteiger partial charge in [0, 0.05) is 18.0 Å². The quantitative estimate of drug-likeness (QED) is 0.314. The number of halogens is 1. The second-order valence-corrected chi connectivity index (χ2v) is 9.20. The number of unbranched alkanes of at least 4 members (excludes halogenated alkanes) is 3. The normalized spacial score (nSPS) is 18.7. The van der Waals surface area contributed by atoms with E-state index in [0.29, 0.717) is 23.6 Å². The van der Waals surface area contributed by atoms with Crippen molar-refractivity contribution in [3.8, 4) is 22.9 Å². The Morgan fingerprint density at radius 3 is 2.26 bits per heavy atom. The minimum Gasteiger partial charge on any atom is -0.492 e. The topological polar surface area (TPSA) is 44.2 Å². The molecule has 1 saturated carbocycles. The zero-order valence-electron chi connectivity index (χ0n) is 19.1. The van der Waals surface area contributed by atoms with Crippen LogP contribution in [0.2, 0.25) is 5.02 Å². The molecule has 170 valence electrons. The molecule has 0 radical (unpaired) electrons. The van der Waals surface area contributed by atoms with Gasteiger partial charge in [0.15, 0.2) is 0 Å². The standard InChI is InChI=1S/C26H37ClN2O2/c1-3-5-7-8-20-9-11-21(12-10-20)19-31-26-28-17-23(18-29-26)22-13-14-25(24(27)16-22)30-15-6-4-2/h13-14,16-18,20-21H,3-12,15,19H2,1-2H3. The molecule has 0 amide bonds. The highest BCUT2D eigenvalue weighted by atomic mass is 35.5. The molecule has 0 atom stereocenters. The first-order valence-electron chi connectivity index (χ1n) is 12.1. The van der Waals surface area contributed by atoms with Gasteiger partial charge >= 0.3 is 6.01 Å². The van der Waals surface area contributed by atoms with Crippen molar-refractivity contribution in [2.45, 2.75) is 78.1 Å². The second-order valence-electron chi connectivity index (χ2n) is 8.80. The van der Waals surface area contributed by atoms with Crippen molar-refractivity contribution in [2.75, 3.05) is 13.2 Å². The first-order valence-corrected chi connectivity index (χ1v) is 12.4. The summed E-state index contributed by atoms with van der Waals surface area (Å²) in [5.74, 6) is 2.28. The van der Waals surface area contributed by atoms with Crippen molar-refractivity contribution >= 4 is 11.6 Å². The predicted molar refractivity (Wildman–Crippen MR) is 128 cm³/mol. The molecule has 0 unspecified atom stereocenters. The zero-order valence-corrected chi connectivity index (χ0v) is 19.9. The van der Waals surface area contributed by atoms with E-state index in [9.17, 15) is 0 Å². The van der Waals surface area contributed by atoms with Crippen molar-refractivity contribution in [1.82, 2.24) is 9.97 Å². The van der Waals surface area contributed by atoms with E-state index in [1.165, 1.54) is 51.4 Å². The van der Waals surface area contributed by atoms with Crippen LogP contribution in [0.4, 0.5) is 0 Å². The van der Waals surface area contributed by atoms with Gasteiger partial charge in [0.05, 0.1) is 18.2 Å². The van der Waals surface area contributed by atoms with Gasteiger partial charge in [-0.3, -0.25) is 0 Å². The Balaban J connectivity index is 1.45. The Hall–Kier alpha value is -1.81. The number of benzene rings is 1. The van der Waals surface area contributed by atoms with Crippen LogP contribution in [-0.2, 0) is 0 Å². The fourth-order valence-electron chi connectivity index (χ4n) is 4.23. The summed E-state index contributed by atoms with van der Waals surface area (Å²) in [5.41, 5.74) is 1.89. The molecule has 1 fully saturated rings. The molecular formula is C26H37ClN2O2. The van der Waals surface area contributed by atoms with Crippen LogP contribution in [0.25, 0.3) is 11.1 Å². The third-order valence-corrected chi connectivity index (χ3v) is 6.57. The summed E-state index contributed by atoms with van der Waals surface area (Å²) < 4.78 is 11.6. The highest BCUT2D eigenvalue weighted by Gasteiger charge is 2.21. The number of aromatic nitrogens is 2. The van der Waals surface area contributed by atoms with Gasteiger partial charge < -0.3 is 9.47 Å². The minimum atomic E-state index is 0.458. The van der Waals surface area contributed by atoms with E-state index in [4.69, 9.17) is 21.1 Å². The van der Waals surface area contributed by atoms with Gasteiger partial charge in [-0.2, -0.15) is 0 Å². The van der Waals surface area contributed by atoms with Crippen LogP contribution in [0.3, 0.4) is 0 Å². The van der Waals surface area contributed by atoms with Crippen LogP contribution in [0, 0.1) is 11.8 Å². The first-order chi connectivity index (χ1) is 15.2. The zero-order chi connectivity index (χ0) is 21.9. The van der Waals surface area contributed by atoms with Gasteiger partial charge in [-0.1, -0.05) is 76.5 Å². The Kier molecular flexibility index (Phi) is 9.92. The summed E-state index contributed by atoms with van der Waals surface area (Å²) >= 11 is 6.38. The first kappa shape index (κ1) is 23.8. The molecule has 1 heterocycles. The monoisotopic (exact) mass is 444 g/mol. The molecule has 0 spiro atoms. The van der Waals surface area contributed by atoms with E-state index in [2.05, 4.69) is 23.8 Å².